The Balaban J connectivity index is 2.30. The summed E-state index contributed by atoms with van der Waals surface area (Å²) in [6, 6.07) is 4.49. The zero-order chi connectivity index (χ0) is 11.6. The molecule has 2 unspecified atom stereocenters. The van der Waals surface area contributed by atoms with Crippen LogP contribution in [-0.2, 0) is 5.41 Å². The molecule has 2 aliphatic rings. The van der Waals surface area contributed by atoms with Gasteiger partial charge in [0.05, 0.1) is 5.41 Å². The van der Waals surface area contributed by atoms with E-state index in [9.17, 15) is 0 Å². The summed E-state index contributed by atoms with van der Waals surface area (Å²) in [6.07, 6.45) is 5.58. The molecule has 0 bridgehead atoms. The molecule has 2 atom stereocenters. The number of hydrogen-bond acceptors (Lipinski definition) is 1. The van der Waals surface area contributed by atoms with Crippen LogP contribution in [-0.4, -0.2) is 5.60 Å². The number of hydrogen-bond donors (Lipinski definition) is 0. The zero-order valence-corrected chi connectivity index (χ0v) is 10.4. The quantitative estimate of drug-likeness (QED) is 0.599. The molecule has 1 heteroatoms. The van der Waals surface area contributed by atoms with Crippen LogP contribution in [0.4, 0.5) is 0 Å². The first-order chi connectivity index (χ1) is 7.46. The van der Waals surface area contributed by atoms with E-state index in [1.165, 1.54) is 16.7 Å². The molecule has 0 amide bonds. The minimum absolute atomic E-state index is 0.0547. The minimum Gasteiger partial charge on any atom is -0.485 e. The van der Waals surface area contributed by atoms with Crippen molar-refractivity contribution < 1.29 is 4.74 Å². The molecular formula is C15H18O. The van der Waals surface area contributed by atoms with Crippen LogP contribution in [0.15, 0.2) is 24.3 Å². The molecule has 16 heavy (non-hydrogen) atoms. The Hall–Kier alpha value is -1.24. The third-order valence-electron chi connectivity index (χ3n) is 4.36. The molecule has 0 spiro atoms. The molecule has 1 aromatic carbocycles. The second kappa shape index (κ2) is 2.71. The SMILES string of the molecule is Cc1cc(C)c2c(c1)C1(C)C=CCC1(C)O2. The predicted octanol–water partition coefficient (Wildman–Crippen LogP) is 3.67. The Kier molecular flexibility index (Phi) is 1.68. The second-order valence-electron chi connectivity index (χ2n) is 5.60. The van der Waals surface area contributed by atoms with E-state index in [4.69, 9.17) is 4.74 Å². The summed E-state index contributed by atoms with van der Waals surface area (Å²) in [6.45, 7) is 8.82. The summed E-state index contributed by atoms with van der Waals surface area (Å²) in [5.41, 5.74) is 3.93. The highest BCUT2D eigenvalue weighted by atomic mass is 16.5. The van der Waals surface area contributed by atoms with Gasteiger partial charge in [-0.05, 0) is 33.3 Å². The van der Waals surface area contributed by atoms with Gasteiger partial charge in [-0.25, -0.2) is 0 Å². The molecule has 0 N–H and O–H groups in total. The first-order valence-corrected chi connectivity index (χ1v) is 5.95. The van der Waals surface area contributed by atoms with Crippen LogP contribution >= 0.6 is 0 Å². The van der Waals surface area contributed by atoms with Crippen molar-refractivity contribution in [3.8, 4) is 5.75 Å². The number of rotatable bonds is 0. The molecular weight excluding hydrogens is 196 g/mol. The Labute approximate surface area is 97.1 Å². The van der Waals surface area contributed by atoms with Gasteiger partial charge in [-0.2, -0.15) is 0 Å². The van der Waals surface area contributed by atoms with Crippen molar-refractivity contribution in [2.45, 2.75) is 45.1 Å². The van der Waals surface area contributed by atoms with E-state index in [2.05, 4.69) is 52.0 Å². The number of ether oxygens (including phenoxy) is 1. The highest BCUT2D eigenvalue weighted by Crippen LogP contribution is 2.55. The highest BCUT2D eigenvalue weighted by molar-refractivity contribution is 5.57. The fraction of sp³-hybridized carbons (Fsp3) is 0.467. The molecule has 1 aromatic rings. The fourth-order valence-electron chi connectivity index (χ4n) is 3.13. The van der Waals surface area contributed by atoms with Crippen molar-refractivity contribution in [3.63, 3.8) is 0 Å². The molecule has 1 heterocycles. The van der Waals surface area contributed by atoms with Crippen LogP contribution in [0.1, 0.15) is 37.0 Å². The monoisotopic (exact) mass is 214 g/mol. The molecule has 84 valence electrons. The van der Waals surface area contributed by atoms with E-state index in [1.54, 1.807) is 0 Å². The Morgan fingerprint density at radius 1 is 1.19 bits per heavy atom. The number of fused-ring (bicyclic) bond motifs is 3. The average molecular weight is 214 g/mol. The predicted molar refractivity (Wildman–Crippen MR) is 66.1 cm³/mol. The van der Waals surface area contributed by atoms with Crippen LogP contribution < -0.4 is 4.74 Å². The van der Waals surface area contributed by atoms with Crippen LogP contribution in [0.3, 0.4) is 0 Å². The van der Waals surface area contributed by atoms with Crippen LogP contribution in [0, 0.1) is 13.8 Å². The summed E-state index contributed by atoms with van der Waals surface area (Å²) in [5.74, 6) is 1.11. The normalized spacial score (nSPS) is 34.8. The van der Waals surface area contributed by atoms with Gasteiger partial charge >= 0.3 is 0 Å². The van der Waals surface area contributed by atoms with Gasteiger partial charge in [0.25, 0.3) is 0 Å². The third-order valence-corrected chi connectivity index (χ3v) is 4.36. The lowest BCUT2D eigenvalue weighted by Crippen LogP contribution is -2.42. The van der Waals surface area contributed by atoms with E-state index in [1.807, 2.05) is 0 Å². The second-order valence-corrected chi connectivity index (χ2v) is 5.60. The van der Waals surface area contributed by atoms with Crippen LogP contribution in [0.5, 0.6) is 5.75 Å². The van der Waals surface area contributed by atoms with Gasteiger partial charge in [-0.1, -0.05) is 29.8 Å². The molecule has 0 saturated carbocycles. The Bertz CT molecular complexity index is 500. The molecule has 1 aliphatic carbocycles. The molecule has 3 rings (SSSR count). The fourth-order valence-corrected chi connectivity index (χ4v) is 3.13. The van der Waals surface area contributed by atoms with Gasteiger partial charge in [0, 0.05) is 12.0 Å². The Morgan fingerprint density at radius 2 is 1.94 bits per heavy atom. The molecule has 0 radical (unpaired) electrons. The van der Waals surface area contributed by atoms with Gasteiger partial charge in [0.15, 0.2) is 0 Å². The van der Waals surface area contributed by atoms with Crippen molar-refractivity contribution in [1.29, 1.82) is 0 Å². The molecule has 1 aliphatic heterocycles. The van der Waals surface area contributed by atoms with E-state index in [0.717, 1.165) is 12.2 Å². The average Bonchev–Trinajstić information content (AvgIpc) is 2.57. The van der Waals surface area contributed by atoms with Crippen molar-refractivity contribution in [2.24, 2.45) is 0 Å². The lowest BCUT2D eigenvalue weighted by atomic mass is 9.73. The van der Waals surface area contributed by atoms with Gasteiger partial charge in [-0.15, -0.1) is 0 Å². The maximum Gasteiger partial charge on any atom is 0.127 e. The largest absolute Gasteiger partial charge is 0.485 e. The van der Waals surface area contributed by atoms with Gasteiger partial charge in [0.2, 0.25) is 0 Å². The van der Waals surface area contributed by atoms with Gasteiger partial charge in [0.1, 0.15) is 11.4 Å². The topological polar surface area (TPSA) is 9.23 Å². The molecule has 0 saturated heterocycles. The third kappa shape index (κ3) is 0.965. The van der Waals surface area contributed by atoms with Gasteiger partial charge in [-0.3, -0.25) is 0 Å². The van der Waals surface area contributed by atoms with E-state index in [-0.39, 0.29) is 11.0 Å². The maximum atomic E-state index is 6.24. The minimum atomic E-state index is -0.0755. The molecule has 0 fully saturated rings. The summed E-state index contributed by atoms with van der Waals surface area (Å²) < 4.78 is 6.24. The first kappa shape index (κ1) is 9.95. The summed E-state index contributed by atoms with van der Waals surface area (Å²) in [4.78, 5) is 0. The van der Waals surface area contributed by atoms with E-state index >= 15 is 0 Å². The maximum absolute atomic E-state index is 6.24. The number of aryl methyl sites for hydroxylation is 2. The lowest BCUT2D eigenvalue weighted by molar-refractivity contribution is 0.0772. The van der Waals surface area contributed by atoms with Crippen LogP contribution in [0.2, 0.25) is 0 Å². The van der Waals surface area contributed by atoms with E-state index in [0.29, 0.717) is 0 Å². The smallest absolute Gasteiger partial charge is 0.127 e. The van der Waals surface area contributed by atoms with Crippen molar-refractivity contribution >= 4 is 0 Å². The van der Waals surface area contributed by atoms with Crippen molar-refractivity contribution in [1.82, 2.24) is 0 Å². The summed E-state index contributed by atoms with van der Waals surface area (Å²) in [5, 5.41) is 0. The van der Waals surface area contributed by atoms with Crippen molar-refractivity contribution in [2.75, 3.05) is 0 Å². The van der Waals surface area contributed by atoms with Crippen molar-refractivity contribution in [3.05, 3.63) is 41.0 Å². The Morgan fingerprint density at radius 3 is 2.69 bits per heavy atom. The zero-order valence-electron chi connectivity index (χ0n) is 10.4. The highest BCUT2D eigenvalue weighted by Gasteiger charge is 2.55. The van der Waals surface area contributed by atoms with Crippen LogP contribution in [0.25, 0.3) is 0 Å². The van der Waals surface area contributed by atoms with E-state index < -0.39 is 0 Å². The first-order valence-electron chi connectivity index (χ1n) is 5.95. The number of benzene rings is 1. The molecule has 1 nitrogen and oxygen atoms in total. The summed E-state index contributed by atoms with van der Waals surface area (Å²) in [7, 11) is 0. The summed E-state index contributed by atoms with van der Waals surface area (Å²) >= 11 is 0. The molecule has 0 aromatic heterocycles. The lowest BCUT2D eigenvalue weighted by Gasteiger charge is -2.32. The standard InChI is InChI=1S/C15H18O/c1-10-8-11(2)13-12(9-10)14(3)6-5-7-15(14,4)16-13/h5-6,8-9H,7H2,1-4H3. The van der Waals surface area contributed by atoms with Gasteiger partial charge < -0.3 is 4.74 Å².